The van der Waals surface area contributed by atoms with E-state index in [1.807, 2.05) is 35.3 Å². The molecule has 1 aliphatic rings. The van der Waals surface area contributed by atoms with Gasteiger partial charge in [0.2, 0.25) is 0 Å². The fraction of sp³-hybridized carbons (Fsp3) is 0.500. The number of hydrogen-bond acceptors (Lipinski definition) is 4. The van der Waals surface area contributed by atoms with Crippen molar-refractivity contribution >= 4 is 0 Å². The highest BCUT2D eigenvalue weighted by Crippen LogP contribution is 2.33. The Morgan fingerprint density at radius 3 is 3.10 bits per heavy atom. The smallest absolute Gasteiger partial charge is 0.103 e. The van der Waals surface area contributed by atoms with Gasteiger partial charge in [-0.3, -0.25) is 9.67 Å². The van der Waals surface area contributed by atoms with Crippen LogP contribution in [-0.4, -0.2) is 27.9 Å². The van der Waals surface area contributed by atoms with E-state index in [9.17, 15) is 0 Å². The van der Waals surface area contributed by atoms with Crippen molar-refractivity contribution in [3.8, 4) is 0 Å². The SMILES string of the molecule is CCn1nccc1[C@@H]1OCC[C@H]1CNCc1ccccn1. The number of nitrogens with zero attached hydrogens (tertiary/aromatic N) is 3. The van der Waals surface area contributed by atoms with Crippen molar-refractivity contribution in [2.24, 2.45) is 5.92 Å². The van der Waals surface area contributed by atoms with E-state index >= 15 is 0 Å². The Hall–Kier alpha value is -1.72. The Morgan fingerprint density at radius 2 is 2.29 bits per heavy atom. The lowest BCUT2D eigenvalue weighted by Crippen LogP contribution is -2.26. The highest BCUT2D eigenvalue weighted by molar-refractivity contribution is 5.08. The molecule has 2 aromatic heterocycles. The predicted molar refractivity (Wildman–Crippen MR) is 80.6 cm³/mol. The Bertz CT molecular complexity index is 554. The summed E-state index contributed by atoms with van der Waals surface area (Å²) >= 11 is 0. The fourth-order valence-corrected chi connectivity index (χ4v) is 2.91. The lowest BCUT2D eigenvalue weighted by molar-refractivity contribution is 0.0830. The zero-order valence-corrected chi connectivity index (χ0v) is 12.4. The quantitative estimate of drug-likeness (QED) is 0.884. The minimum absolute atomic E-state index is 0.156. The molecule has 0 bridgehead atoms. The Morgan fingerprint density at radius 1 is 1.33 bits per heavy atom. The molecule has 5 nitrogen and oxygen atoms in total. The van der Waals surface area contributed by atoms with Gasteiger partial charge in [0.05, 0.1) is 11.4 Å². The van der Waals surface area contributed by atoms with Crippen LogP contribution in [0.4, 0.5) is 0 Å². The lowest BCUT2D eigenvalue weighted by atomic mass is 9.99. The lowest BCUT2D eigenvalue weighted by Gasteiger charge is -2.20. The number of rotatable bonds is 6. The molecule has 2 atom stereocenters. The monoisotopic (exact) mass is 286 g/mol. The van der Waals surface area contributed by atoms with E-state index in [0.717, 1.165) is 38.4 Å². The standard InChI is InChI=1S/C16H22N4O/c1-2-20-15(6-9-19-20)16-13(7-10-21-16)11-17-12-14-5-3-4-8-18-14/h3-6,8-9,13,16-17H,2,7,10-12H2,1H3/t13-,16+/m0/s1. The average Bonchev–Trinajstić information content (AvgIpc) is 3.16. The van der Waals surface area contributed by atoms with Gasteiger partial charge >= 0.3 is 0 Å². The van der Waals surface area contributed by atoms with E-state index in [2.05, 4.69) is 28.4 Å². The van der Waals surface area contributed by atoms with Crippen LogP contribution >= 0.6 is 0 Å². The molecule has 0 spiro atoms. The van der Waals surface area contributed by atoms with Crippen LogP contribution < -0.4 is 5.32 Å². The molecule has 5 heteroatoms. The van der Waals surface area contributed by atoms with Gasteiger partial charge in [0.25, 0.3) is 0 Å². The van der Waals surface area contributed by atoms with Crippen LogP contribution in [0.1, 0.15) is 30.8 Å². The van der Waals surface area contributed by atoms with Crippen molar-refractivity contribution in [2.75, 3.05) is 13.2 Å². The second-order valence-corrected chi connectivity index (χ2v) is 5.36. The zero-order chi connectivity index (χ0) is 14.5. The molecule has 0 unspecified atom stereocenters. The molecule has 112 valence electrons. The molecule has 3 heterocycles. The van der Waals surface area contributed by atoms with E-state index in [0.29, 0.717) is 5.92 Å². The number of aryl methyl sites for hydroxylation is 1. The van der Waals surface area contributed by atoms with Crippen LogP contribution in [0.2, 0.25) is 0 Å². The summed E-state index contributed by atoms with van der Waals surface area (Å²) in [6.07, 6.45) is 4.94. The third-order valence-electron chi connectivity index (χ3n) is 3.99. The van der Waals surface area contributed by atoms with Crippen molar-refractivity contribution in [3.63, 3.8) is 0 Å². The van der Waals surface area contributed by atoms with E-state index in [-0.39, 0.29) is 6.10 Å². The molecule has 3 rings (SSSR count). The first-order chi connectivity index (χ1) is 10.4. The summed E-state index contributed by atoms with van der Waals surface area (Å²) in [5.41, 5.74) is 2.27. The van der Waals surface area contributed by atoms with Crippen molar-refractivity contribution in [1.82, 2.24) is 20.1 Å². The van der Waals surface area contributed by atoms with E-state index < -0.39 is 0 Å². The molecule has 0 amide bonds. The van der Waals surface area contributed by atoms with Gasteiger partial charge in [-0.05, 0) is 31.5 Å². The molecule has 0 aliphatic carbocycles. The molecular formula is C16H22N4O. The largest absolute Gasteiger partial charge is 0.372 e. The molecule has 0 radical (unpaired) electrons. The molecule has 1 N–H and O–H groups in total. The van der Waals surface area contributed by atoms with Crippen molar-refractivity contribution in [2.45, 2.75) is 32.5 Å². The third kappa shape index (κ3) is 3.31. The van der Waals surface area contributed by atoms with E-state index in [4.69, 9.17) is 4.74 Å². The number of pyridine rings is 1. The summed E-state index contributed by atoms with van der Waals surface area (Å²) in [4.78, 5) is 4.33. The second kappa shape index (κ2) is 6.83. The summed E-state index contributed by atoms with van der Waals surface area (Å²) in [5.74, 6) is 0.496. The number of aromatic nitrogens is 3. The Kier molecular flexibility index (Phi) is 4.62. The van der Waals surface area contributed by atoms with E-state index in [1.54, 1.807) is 0 Å². The highest BCUT2D eigenvalue weighted by atomic mass is 16.5. The molecule has 1 fully saturated rings. The van der Waals surface area contributed by atoms with Gasteiger partial charge in [0.1, 0.15) is 6.10 Å². The first-order valence-electron chi connectivity index (χ1n) is 7.62. The van der Waals surface area contributed by atoms with Gasteiger partial charge < -0.3 is 10.1 Å². The van der Waals surface area contributed by atoms with Crippen molar-refractivity contribution < 1.29 is 4.74 Å². The third-order valence-corrected chi connectivity index (χ3v) is 3.99. The number of nitrogens with one attached hydrogen (secondary N) is 1. The topological polar surface area (TPSA) is 52.0 Å². The van der Waals surface area contributed by atoms with Gasteiger partial charge in [0.15, 0.2) is 0 Å². The van der Waals surface area contributed by atoms with Crippen molar-refractivity contribution in [3.05, 3.63) is 48.0 Å². The Labute approximate surface area is 125 Å². The van der Waals surface area contributed by atoms with Crippen LogP contribution in [0.3, 0.4) is 0 Å². The van der Waals surface area contributed by atoms with Gasteiger partial charge in [-0.15, -0.1) is 0 Å². The fourth-order valence-electron chi connectivity index (χ4n) is 2.91. The number of ether oxygens (including phenoxy) is 1. The maximum Gasteiger partial charge on any atom is 0.103 e. The second-order valence-electron chi connectivity index (χ2n) is 5.36. The number of hydrogen-bond donors (Lipinski definition) is 1. The van der Waals surface area contributed by atoms with Gasteiger partial charge in [-0.2, -0.15) is 5.10 Å². The van der Waals surface area contributed by atoms with Crippen LogP contribution in [0.25, 0.3) is 0 Å². The zero-order valence-electron chi connectivity index (χ0n) is 12.4. The van der Waals surface area contributed by atoms with Crippen LogP contribution in [-0.2, 0) is 17.8 Å². The Balaban J connectivity index is 1.57. The maximum atomic E-state index is 5.94. The van der Waals surface area contributed by atoms with Gasteiger partial charge in [-0.25, -0.2) is 0 Å². The molecule has 21 heavy (non-hydrogen) atoms. The first kappa shape index (κ1) is 14.2. The van der Waals surface area contributed by atoms with Crippen LogP contribution in [0, 0.1) is 5.92 Å². The highest BCUT2D eigenvalue weighted by Gasteiger charge is 2.31. The summed E-state index contributed by atoms with van der Waals surface area (Å²) in [6, 6.07) is 8.08. The van der Waals surface area contributed by atoms with Crippen LogP contribution in [0.15, 0.2) is 36.7 Å². The molecule has 0 saturated carbocycles. The minimum Gasteiger partial charge on any atom is -0.372 e. The van der Waals surface area contributed by atoms with E-state index in [1.165, 1.54) is 5.69 Å². The van der Waals surface area contributed by atoms with Gasteiger partial charge in [-0.1, -0.05) is 6.07 Å². The molecule has 1 saturated heterocycles. The minimum atomic E-state index is 0.156. The van der Waals surface area contributed by atoms with Crippen molar-refractivity contribution in [1.29, 1.82) is 0 Å². The van der Waals surface area contributed by atoms with Crippen LogP contribution in [0.5, 0.6) is 0 Å². The first-order valence-corrected chi connectivity index (χ1v) is 7.62. The molecule has 2 aromatic rings. The maximum absolute atomic E-state index is 5.94. The predicted octanol–water partition coefficient (Wildman–Crippen LogP) is 2.17. The molecular weight excluding hydrogens is 264 g/mol. The molecule has 1 aliphatic heterocycles. The summed E-state index contributed by atoms with van der Waals surface area (Å²) in [6.45, 7) is 5.57. The molecule has 0 aromatic carbocycles. The normalized spacial score (nSPS) is 21.8. The summed E-state index contributed by atoms with van der Waals surface area (Å²) in [7, 11) is 0. The summed E-state index contributed by atoms with van der Waals surface area (Å²) in [5, 5.41) is 7.85. The average molecular weight is 286 g/mol. The summed E-state index contributed by atoms with van der Waals surface area (Å²) < 4.78 is 7.97. The van der Waals surface area contributed by atoms with Gasteiger partial charge in [0, 0.05) is 44.6 Å².